The highest BCUT2D eigenvalue weighted by Gasteiger charge is 2.00. The molecule has 0 spiro atoms. The zero-order valence-electron chi connectivity index (χ0n) is 8.41. The van der Waals surface area contributed by atoms with Gasteiger partial charge in [0, 0.05) is 18.3 Å². The highest BCUT2D eigenvalue weighted by atomic mass is 16.2. The second kappa shape index (κ2) is 4.60. The van der Waals surface area contributed by atoms with E-state index in [4.69, 9.17) is 0 Å². The van der Waals surface area contributed by atoms with Crippen LogP contribution in [0.25, 0.3) is 0 Å². The van der Waals surface area contributed by atoms with Crippen molar-refractivity contribution in [1.29, 1.82) is 0 Å². The third kappa shape index (κ3) is 2.22. The number of H-pyrrole nitrogens is 1. The van der Waals surface area contributed by atoms with Gasteiger partial charge in [0.2, 0.25) is 0 Å². The Morgan fingerprint density at radius 3 is 2.79 bits per heavy atom. The zero-order valence-corrected chi connectivity index (χ0v) is 8.41. The molecule has 0 saturated carbocycles. The molecule has 1 aromatic heterocycles. The van der Waals surface area contributed by atoms with Crippen molar-refractivity contribution < 1.29 is 0 Å². The molecule has 0 bridgehead atoms. The third-order valence-corrected chi connectivity index (χ3v) is 2.00. The van der Waals surface area contributed by atoms with Gasteiger partial charge >= 0.3 is 5.69 Å². The Balaban J connectivity index is 3.17. The molecule has 0 aliphatic carbocycles. The monoisotopic (exact) mass is 194 g/mol. The second-order valence-electron chi connectivity index (χ2n) is 2.99. The van der Waals surface area contributed by atoms with Crippen molar-refractivity contribution in [1.82, 2.24) is 9.55 Å². The maximum Gasteiger partial charge on any atom is 0.328 e. The standard InChI is InChI=1S/C10H14N2O2/c1-3-5-6-12-7-8(4-2)9(13)11-10(12)14/h3,5,7H,4,6H2,1-2H3,(H,11,13,14). The molecule has 1 aromatic rings. The van der Waals surface area contributed by atoms with E-state index in [0.717, 1.165) is 0 Å². The second-order valence-corrected chi connectivity index (χ2v) is 2.99. The molecule has 4 nitrogen and oxygen atoms in total. The summed E-state index contributed by atoms with van der Waals surface area (Å²) < 4.78 is 1.49. The fraction of sp³-hybridized carbons (Fsp3) is 0.400. The lowest BCUT2D eigenvalue weighted by molar-refractivity contribution is 0.721. The van der Waals surface area contributed by atoms with Crippen molar-refractivity contribution in [3.05, 3.63) is 44.8 Å². The van der Waals surface area contributed by atoms with Crippen LogP contribution in [0.2, 0.25) is 0 Å². The van der Waals surface area contributed by atoms with Crippen LogP contribution in [0.5, 0.6) is 0 Å². The van der Waals surface area contributed by atoms with Crippen LogP contribution in [0.3, 0.4) is 0 Å². The van der Waals surface area contributed by atoms with Gasteiger partial charge in [-0.1, -0.05) is 19.1 Å². The minimum Gasteiger partial charge on any atom is -0.297 e. The van der Waals surface area contributed by atoms with Gasteiger partial charge in [-0.25, -0.2) is 4.79 Å². The molecule has 1 heterocycles. The molecule has 76 valence electrons. The first-order chi connectivity index (χ1) is 6.69. The summed E-state index contributed by atoms with van der Waals surface area (Å²) in [4.78, 5) is 24.8. The van der Waals surface area contributed by atoms with E-state index >= 15 is 0 Å². The Kier molecular flexibility index (Phi) is 3.45. The summed E-state index contributed by atoms with van der Waals surface area (Å²) in [6.07, 6.45) is 5.97. The van der Waals surface area contributed by atoms with Gasteiger partial charge in [-0.15, -0.1) is 0 Å². The van der Waals surface area contributed by atoms with Crippen molar-refractivity contribution >= 4 is 0 Å². The van der Waals surface area contributed by atoms with Crippen LogP contribution in [0.4, 0.5) is 0 Å². The molecule has 1 N–H and O–H groups in total. The summed E-state index contributed by atoms with van der Waals surface area (Å²) in [6.45, 7) is 4.27. The summed E-state index contributed by atoms with van der Waals surface area (Å²) in [6, 6.07) is 0. The van der Waals surface area contributed by atoms with Crippen LogP contribution >= 0.6 is 0 Å². The number of hydrogen-bond donors (Lipinski definition) is 1. The van der Waals surface area contributed by atoms with E-state index in [0.29, 0.717) is 18.5 Å². The molecular formula is C10H14N2O2. The van der Waals surface area contributed by atoms with Crippen molar-refractivity contribution in [2.75, 3.05) is 0 Å². The van der Waals surface area contributed by atoms with E-state index in [1.807, 2.05) is 26.0 Å². The number of nitrogens with zero attached hydrogens (tertiary/aromatic N) is 1. The van der Waals surface area contributed by atoms with E-state index < -0.39 is 0 Å². The van der Waals surface area contributed by atoms with Crippen LogP contribution in [-0.2, 0) is 13.0 Å². The average Bonchev–Trinajstić information content (AvgIpc) is 2.17. The third-order valence-electron chi connectivity index (χ3n) is 2.00. The van der Waals surface area contributed by atoms with E-state index in [9.17, 15) is 9.59 Å². The Morgan fingerprint density at radius 2 is 2.21 bits per heavy atom. The highest BCUT2D eigenvalue weighted by molar-refractivity contribution is 5.04. The molecule has 1 rings (SSSR count). The van der Waals surface area contributed by atoms with Gasteiger partial charge in [0.15, 0.2) is 0 Å². The molecule has 14 heavy (non-hydrogen) atoms. The van der Waals surface area contributed by atoms with Gasteiger partial charge in [0.05, 0.1) is 0 Å². The lowest BCUT2D eigenvalue weighted by Gasteiger charge is -2.02. The minimum absolute atomic E-state index is 0.283. The van der Waals surface area contributed by atoms with E-state index in [1.54, 1.807) is 6.20 Å². The quantitative estimate of drug-likeness (QED) is 0.719. The first-order valence-electron chi connectivity index (χ1n) is 4.62. The number of aromatic amines is 1. The predicted molar refractivity (Wildman–Crippen MR) is 55.5 cm³/mol. The number of allylic oxidation sites excluding steroid dienone is 2. The van der Waals surface area contributed by atoms with Gasteiger partial charge in [-0.05, 0) is 13.3 Å². The Hall–Kier alpha value is -1.58. The minimum atomic E-state index is -0.356. The summed E-state index contributed by atoms with van der Waals surface area (Å²) in [5.74, 6) is 0. The Bertz CT molecular complexity index is 440. The van der Waals surface area contributed by atoms with E-state index in [-0.39, 0.29) is 11.2 Å². The number of hydrogen-bond acceptors (Lipinski definition) is 2. The molecule has 0 atom stereocenters. The maximum absolute atomic E-state index is 11.3. The fourth-order valence-electron chi connectivity index (χ4n) is 1.16. The first kappa shape index (κ1) is 10.5. The smallest absolute Gasteiger partial charge is 0.297 e. The summed E-state index contributed by atoms with van der Waals surface area (Å²) in [5, 5.41) is 0. The van der Waals surface area contributed by atoms with Gasteiger partial charge in [0.1, 0.15) is 0 Å². The normalized spacial score (nSPS) is 11.0. The number of aryl methyl sites for hydroxylation is 1. The lowest BCUT2D eigenvalue weighted by atomic mass is 10.2. The largest absolute Gasteiger partial charge is 0.328 e. The van der Waals surface area contributed by atoms with E-state index in [1.165, 1.54) is 4.57 Å². The summed E-state index contributed by atoms with van der Waals surface area (Å²) in [7, 11) is 0. The molecule has 0 amide bonds. The Morgan fingerprint density at radius 1 is 1.50 bits per heavy atom. The molecule has 0 unspecified atom stereocenters. The van der Waals surface area contributed by atoms with Crippen LogP contribution in [0.1, 0.15) is 19.4 Å². The molecular weight excluding hydrogens is 180 g/mol. The summed E-state index contributed by atoms with van der Waals surface area (Å²) in [5.41, 5.74) is -0.00590. The van der Waals surface area contributed by atoms with Crippen molar-refractivity contribution in [3.63, 3.8) is 0 Å². The maximum atomic E-state index is 11.3. The lowest BCUT2D eigenvalue weighted by Crippen LogP contribution is -2.31. The van der Waals surface area contributed by atoms with Crippen LogP contribution in [-0.4, -0.2) is 9.55 Å². The van der Waals surface area contributed by atoms with Crippen LogP contribution in [0, 0.1) is 0 Å². The molecule has 0 aliphatic heterocycles. The topological polar surface area (TPSA) is 54.9 Å². The van der Waals surface area contributed by atoms with Gasteiger partial charge in [0.25, 0.3) is 5.56 Å². The molecule has 0 saturated heterocycles. The predicted octanol–water partition coefficient (Wildman–Crippen LogP) is 0.675. The number of rotatable bonds is 3. The highest BCUT2D eigenvalue weighted by Crippen LogP contribution is 1.89. The van der Waals surface area contributed by atoms with Gasteiger partial charge in [-0.2, -0.15) is 0 Å². The molecule has 0 aromatic carbocycles. The molecule has 0 fully saturated rings. The molecule has 4 heteroatoms. The number of aromatic nitrogens is 2. The molecule has 0 radical (unpaired) electrons. The summed E-state index contributed by atoms with van der Waals surface area (Å²) >= 11 is 0. The molecule has 0 aliphatic rings. The van der Waals surface area contributed by atoms with Crippen molar-refractivity contribution in [2.24, 2.45) is 0 Å². The van der Waals surface area contributed by atoms with Crippen LogP contribution < -0.4 is 11.2 Å². The van der Waals surface area contributed by atoms with Crippen LogP contribution in [0.15, 0.2) is 27.9 Å². The zero-order chi connectivity index (χ0) is 10.6. The fourth-order valence-corrected chi connectivity index (χ4v) is 1.16. The SMILES string of the molecule is CC=CCn1cc(CC)c(=O)[nH]c1=O. The number of nitrogens with one attached hydrogen (secondary N) is 1. The Labute approximate surface area is 81.9 Å². The van der Waals surface area contributed by atoms with E-state index in [2.05, 4.69) is 4.98 Å². The van der Waals surface area contributed by atoms with Gasteiger partial charge < -0.3 is 0 Å². The van der Waals surface area contributed by atoms with Gasteiger partial charge in [-0.3, -0.25) is 14.3 Å². The first-order valence-corrected chi connectivity index (χ1v) is 4.62. The van der Waals surface area contributed by atoms with Crippen molar-refractivity contribution in [3.8, 4) is 0 Å². The average molecular weight is 194 g/mol. The van der Waals surface area contributed by atoms with Crippen molar-refractivity contribution in [2.45, 2.75) is 26.8 Å².